The summed E-state index contributed by atoms with van der Waals surface area (Å²) in [5.74, 6) is 0.741. The number of aromatic nitrogens is 3. The maximum absolute atomic E-state index is 12.6. The SMILES string of the molecule is O=C(c1ccc(-n2cccn2)nc1)N1CCN(C(=O)c2ccco2)CC1. The molecule has 8 heteroatoms. The highest BCUT2D eigenvalue weighted by Crippen LogP contribution is 2.13. The number of hydrogen-bond acceptors (Lipinski definition) is 5. The monoisotopic (exact) mass is 351 g/mol. The molecule has 1 saturated heterocycles. The van der Waals surface area contributed by atoms with Crippen molar-refractivity contribution in [2.75, 3.05) is 26.2 Å². The van der Waals surface area contributed by atoms with Crippen LogP contribution in [-0.2, 0) is 0 Å². The molecule has 4 rings (SSSR count). The van der Waals surface area contributed by atoms with E-state index in [4.69, 9.17) is 4.42 Å². The Kier molecular flexibility index (Phi) is 4.22. The van der Waals surface area contributed by atoms with Crippen LogP contribution in [0.1, 0.15) is 20.9 Å². The third-order valence-corrected chi connectivity index (χ3v) is 4.32. The van der Waals surface area contributed by atoms with Crippen molar-refractivity contribution in [3.63, 3.8) is 0 Å². The van der Waals surface area contributed by atoms with Crippen molar-refractivity contribution in [1.82, 2.24) is 24.6 Å². The van der Waals surface area contributed by atoms with E-state index in [-0.39, 0.29) is 11.8 Å². The summed E-state index contributed by atoms with van der Waals surface area (Å²) < 4.78 is 6.78. The molecule has 0 unspecified atom stereocenters. The number of pyridine rings is 1. The predicted molar refractivity (Wildman–Crippen MR) is 91.9 cm³/mol. The molecular formula is C18H17N5O3. The van der Waals surface area contributed by atoms with Crippen molar-refractivity contribution in [2.45, 2.75) is 0 Å². The van der Waals surface area contributed by atoms with Gasteiger partial charge in [-0.05, 0) is 30.3 Å². The average molecular weight is 351 g/mol. The van der Waals surface area contributed by atoms with Gasteiger partial charge in [0.25, 0.3) is 11.8 Å². The van der Waals surface area contributed by atoms with E-state index in [0.29, 0.717) is 43.3 Å². The van der Waals surface area contributed by atoms with Gasteiger partial charge in [0, 0.05) is 44.8 Å². The van der Waals surface area contributed by atoms with E-state index in [2.05, 4.69) is 10.1 Å². The minimum absolute atomic E-state index is 0.0883. The molecule has 1 fully saturated rings. The van der Waals surface area contributed by atoms with Crippen molar-refractivity contribution < 1.29 is 14.0 Å². The van der Waals surface area contributed by atoms with E-state index in [1.165, 1.54) is 6.26 Å². The fourth-order valence-corrected chi connectivity index (χ4v) is 2.90. The second-order valence-electron chi connectivity index (χ2n) is 5.92. The smallest absolute Gasteiger partial charge is 0.289 e. The summed E-state index contributed by atoms with van der Waals surface area (Å²) in [6.45, 7) is 1.91. The lowest BCUT2D eigenvalue weighted by molar-refractivity contribution is 0.0518. The number of carbonyl (C=O) groups excluding carboxylic acids is 2. The van der Waals surface area contributed by atoms with Crippen molar-refractivity contribution >= 4 is 11.8 Å². The lowest BCUT2D eigenvalue weighted by atomic mass is 10.2. The molecule has 0 N–H and O–H groups in total. The summed E-state index contributed by atoms with van der Waals surface area (Å²) in [4.78, 5) is 32.6. The lowest BCUT2D eigenvalue weighted by Crippen LogP contribution is -2.50. The van der Waals surface area contributed by atoms with Crippen molar-refractivity contribution in [3.8, 4) is 5.82 Å². The van der Waals surface area contributed by atoms with Crippen molar-refractivity contribution in [2.24, 2.45) is 0 Å². The third-order valence-electron chi connectivity index (χ3n) is 4.32. The molecule has 26 heavy (non-hydrogen) atoms. The highest BCUT2D eigenvalue weighted by molar-refractivity contribution is 5.95. The first-order chi connectivity index (χ1) is 12.7. The molecule has 1 aliphatic rings. The molecule has 3 aromatic heterocycles. The van der Waals surface area contributed by atoms with Crippen LogP contribution in [0.3, 0.4) is 0 Å². The summed E-state index contributed by atoms with van der Waals surface area (Å²) >= 11 is 0. The van der Waals surface area contributed by atoms with Crippen LogP contribution in [0.4, 0.5) is 0 Å². The lowest BCUT2D eigenvalue weighted by Gasteiger charge is -2.34. The third kappa shape index (κ3) is 3.08. The van der Waals surface area contributed by atoms with Gasteiger partial charge in [0.05, 0.1) is 11.8 Å². The molecule has 4 heterocycles. The molecule has 8 nitrogen and oxygen atoms in total. The van der Waals surface area contributed by atoms with Crippen LogP contribution < -0.4 is 0 Å². The molecule has 0 atom stereocenters. The Morgan fingerprint density at radius 1 is 0.962 bits per heavy atom. The van der Waals surface area contributed by atoms with Crippen LogP contribution >= 0.6 is 0 Å². The molecule has 132 valence electrons. The predicted octanol–water partition coefficient (Wildman–Crippen LogP) is 1.46. The van der Waals surface area contributed by atoms with Crippen LogP contribution in [0.25, 0.3) is 5.82 Å². The highest BCUT2D eigenvalue weighted by atomic mass is 16.3. The second-order valence-corrected chi connectivity index (χ2v) is 5.92. The Morgan fingerprint density at radius 2 is 1.73 bits per heavy atom. The zero-order chi connectivity index (χ0) is 17.9. The molecule has 0 spiro atoms. The van der Waals surface area contributed by atoms with Crippen molar-refractivity contribution in [1.29, 1.82) is 0 Å². The minimum atomic E-state index is -0.146. The summed E-state index contributed by atoms with van der Waals surface area (Å²) in [5.41, 5.74) is 0.520. The van der Waals surface area contributed by atoms with Crippen LogP contribution in [0.15, 0.2) is 59.6 Å². The van der Waals surface area contributed by atoms with Crippen LogP contribution in [-0.4, -0.2) is 62.6 Å². The average Bonchev–Trinajstić information content (AvgIpc) is 3.41. The first-order valence-corrected chi connectivity index (χ1v) is 8.30. The second kappa shape index (κ2) is 6.83. The van der Waals surface area contributed by atoms with Crippen LogP contribution in [0.2, 0.25) is 0 Å². The van der Waals surface area contributed by atoms with Gasteiger partial charge in [-0.25, -0.2) is 9.67 Å². The van der Waals surface area contributed by atoms with Gasteiger partial charge in [0.1, 0.15) is 0 Å². The van der Waals surface area contributed by atoms with Gasteiger partial charge in [-0.1, -0.05) is 0 Å². The Hall–Kier alpha value is -3.42. The topological polar surface area (TPSA) is 84.5 Å². The number of piperazine rings is 1. The van der Waals surface area contributed by atoms with Crippen molar-refractivity contribution in [3.05, 3.63) is 66.5 Å². The van der Waals surface area contributed by atoms with Gasteiger partial charge in [0.15, 0.2) is 11.6 Å². The Bertz CT molecular complexity index is 880. The zero-order valence-electron chi connectivity index (χ0n) is 14.0. The number of furan rings is 1. The highest BCUT2D eigenvalue weighted by Gasteiger charge is 2.26. The molecule has 2 amide bonds. The molecule has 0 aromatic carbocycles. The zero-order valence-corrected chi connectivity index (χ0v) is 14.0. The van der Waals surface area contributed by atoms with E-state index in [9.17, 15) is 9.59 Å². The van der Waals surface area contributed by atoms with E-state index in [1.807, 2.05) is 6.07 Å². The molecule has 0 bridgehead atoms. The summed E-state index contributed by atoms with van der Waals surface area (Å²) in [6, 6.07) is 8.65. The quantitative estimate of drug-likeness (QED) is 0.713. The van der Waals surface area contributed by atoms with Gasteiger partial charge in [-0.3, -0.25) is 9.59 Å². The molecule has 3 aromatic rings. The van der Waals surface area contributed by atoms with Crippen LogP contribution in [0, 0.1) is 0 Å². The molecule has 0 radical (unpaired) electrons. The normalized spacial score (nSPS) is 14.5. The fraction of sp³-hybridized carbons (Fsp3) is 0.222. The maximum atomic E-state index is 12.6. The van der Waals surface area contributed by atoms with E-state index in [0.717, 1.165) is 0 Å². The van der Waals surface area contributed by atoms with E-state index in [1.54, 1.807) is 57.3 Å². The molecule has 0 saturated carbocycles. The molecular weight excluding hydrogens is 334 g/mol. The first-order valence-electron chi connectivity index (χ1n) is 8.30. The Morgan fingerprint density at radius 3 is 2.31 bits per heavy atom. The van der Waals surface area contributed by atoms with Gasteiger partial charge in [-0.15, -0.1) is 0 Å². The van der Waals surface area contributed by atoms with E-state index < -0.39 is 0 Å². The number of rotatable bonds is 3. The number of carbonyl (C=O) groups is 2. The Labute approximate surface area is 149 Å². The first kappa shape index (κ1) is 16.1. The van der Waals surface area contributed by atoms with Gasteiger partial charge in [0.2, 0.25) is 0 Å². The summed E-state index contributed by atoms with van der Waals surface area (Å²) in [5, 5.41) is 4.11. The number of amides is 2. The minimum Gasteiger partial charge on any atom is -0.459 e. The number of nitrogens with zero attached hydrogens (tertiary/aromatic N) is 5. The van der Waals surface area contributed by atoms with Gasteiger partial charge >= 0.3 is 0 Å². The summed E-state index contributed by atoms with van der Waals surface area (Å²) in [6.07, 6.45) is 6.50. The van der Waals surface area contributed by atoms with E-state index >= 15 is 0 Å². The fourth-order valence-electron chi connectivity index (χ4n) is 2.90. The summed E-state index contributed by atoms with van der Waals surface area (Å²) in [7, 11) is 0. The largest absolute Gasteiger partial charge is 0.459 e. The van der Waals surface area contributed by atoms with Crippen LogP contribution in [0.5, 0.6) is 0 Å². The maximum Gasteiger partial charge on any atom is 0.289 e. The standard InChI is InChI=1S/C18H17N5O3/c24-17(14-4-5-16(19-13-14)23-7-2-6-20-23)21-8-10-22(11-9-21)18(25)15-3-1-12-26-15/h1-7,12-13H,8-11H2. The number of hydrogen-bond donors (Lipinski definition) is 0. The molecule has 0 aliphatic carbocycles. The van der Waals surface area contributed by atoms with Gasteiger partial charge in [-0.2, -0.15) is 5.10 Å². The van der Waals surface area contributed by atoms with Gasteiger partial charge < -0.3 is 14.2 Å². The Balaban J connectivity index is 1.38. The molecule has 1 aliphatic heterocycles.